The molecule has 0 aromatic heterocycles. The van der Waals surface area contributed by atoms with Crippen molar-refractivity contribution < 1.29 is 0 Å². The standard InChI is InChI=1S/C24H54P2Se/c1-4-7-10-13-16-19-22-26(25-27,23-20-17-14-11-8-5-2)24-21-18-15-12-9-6-3/h25-27H,4-24H2,1-3H3. The fourth-order valence-electron chi connectivity index (χ4n) is 4.27. The van der Waals surface area contributed by atoms with Crippen LogP contribution in [-0.4, -0.2) is 34.1 Å². The van der Waals surface area contributed by atoms with Gasteiger partial charge in [-0.1, -0.05) is 0 Å². The van der Waals surface area contributed by atoms with Crippen LogP contribution in [0.3, 0.4) is 0 Å². The van der Waals surface area contributed by atoms with Crippen molar-refractivity contribution in [2.45, 2.75) is 136 Å². The van der Waals surface area contributed by atoms with Gasteiger partial charge in [0.2, 0.25) is 0 Å². The molecule has 0 fully saturated rings. The van der Waals surface area contributed by atoms with E-state index in [1.165, 1.54) is 103 Å². The van der Waals surface area contributed by atoms with Crippen molar-refractivity contribution in [1.82, 2.24) is 0 Å². The van der Waals surface area contributed by atoms with E-state index in [0.29, 0.717) is 0 Å². The summed E-state index contributed by atoms with van der Waals surface area (Å²) in [7, 11) is 0. The molecule has 0 amide bonds. The topological polar surface area (TPSA) is 0 Å². The van der Waals surface area contributed by atoms with E-state index in [-0.39, 0.29) is 0 Å². The molecule has 0 heterocycles. The summed E-state index contributed by atoms with van der Waals surface area (Å²) in [5.74, 6) is 0. The van der Waals surface area contributed by atoms with Crippen molar-refractivity contribution in [3.63, 3.8) is 0 Å². The van der Waals surface area contributed by atoms with Gasteiger partial charge in [-0.3, -0.25) is 0 Å². The van der Waals surface area contributed by atoms with Crippen molar-refractivity contribution >= 4 is 29.5 Å². The Morgan fingerprint density at radius 3 is 0.963 bits per heavy atom. The first-order chi connectivity index (χ1) is 13.2. The van der Waals surface area contributed by atoms with Crippen LogP contribution in [0.25, 0.3) is 0 Å². The van der Waals surface area contributed by atoms with Crippen LogP contribution < -0.4 is 0 Å². The van der Waals surface area contributed by atoms with Crippen molar-refractivity contribution in [3.8, 4) is 0 Å². The summed E-state index contributed by atoms with van der Waals surface area (Å²) in [5, 5.41) is 0. The zero-order valence-electron chi connectivity index (χ0n) is 19.3. The predicted octanol–water partition coefficient (Wildman–Crippen LogP) is 9.23. The maximum atomic E-state index is 3.07. The van der Waals surface area contributed by atoms with Crippen LogP contribution in [0.2, 0.25) is 0 Å². The minimum absolute atomic E-state index is 0.975. The maximum absolute atomic E-state index is 3.07. The molecule has 0 aliphatic carbocycles. The van der Waals surface area contributed by atoms with Gasteiger partial charge in [0.05, 0.1) is 0 Å². The molecule has 0 aromatic carbocycles. The molecular weight excluding hydrogens is 429 g/mol. The molecule has 0 rings (SSSR count). The van der Waals surface area contributed by atoms with E-state index in [1.807, 2.05) is 0 Å². The molecule has 0 N–H and O–H groups in total. The molecule has 0 radical (unpaired) electrons. The quantitative estimate of drug-likeness (QED) is 0.0818. The SMILES string of the molecule is CCCCCCCC[PH](CCCCCCCC)(CCCCCCCC)P[SeH]. The molecule has 0 aliphatic rings. The van der Waals surface area contributed by atoms with Gasteiger partial charge in [0.15, 0.2) is 0 Å². The van der Waals surface area contributed by atoms with Crippen LogP contribution in [0.15, 0.2) is 0 Å². The number of rotatable bonds is 22. The third-order valence-corrected chi connectivity index (χ3v) is 23.3. The van der Waals surface area contributed by atoms with Crippen molar-refractivity contribution in [2.75, 3.05) is 18.5 Å². The van der Waals surface area contributed by atoms with Crippen LogP contribution in [0, 0.1) is 0 Å². The number of hydrogen-bond donors (Lipinski definition) is 0. The van der Waals surface area contributed by atoms with Gasteiger partial charge < -0.3 is 0 Å². The molecule has 0 bridgehead atoms. The van der Waals surface area contributed by atoms with E-state index >= 15 is 0 Å². The third-order valence-electron chi connectivity index (χ3n) is 6.26. The molecule has 0 nitrogen and oxygen atoms in total. The van der Waals surface area contributed by atoms with Crippen LogP contribution in [0.5, 0.6) is 0 Å². The van der Waals surface area contributed by atoms with Gasteiger partial charge in [0.25, 0.3) is 0 Å². The van der Waals surface area contributed by atoms with Crippen molar-refractivity contribution in [3.05, 3.63) is 0 Å². The summed E-state index contributed by atoms with van der Waals surface area (Å²) in [5.41, 5.74) is 0. The van der Waals surface area contributed by atoms with Gasteiger partial charge in [-0.2, -0.15) is 0 Å². The zero-order chi connectivity index (χ0) is 20.1. The Bertz CT molecular complexity index is 243. The molecule has 27 heavy (non-hydrogen) atoms. The van der Waals surface area contributed by atoms with Crippen LogP contribution in [-0.2, 0) is 0 Å². The van der Waals surface area contributed by atoms with Crippen molar-refractivity contribution in [2.24, 2.45) is 0 Å². The summed E-state index contributed by atoms with van der Waals surface area (Å²) in [6.07, 6.45) is 31.5. The first-order valence-corrected chi connectivity index (χ1v) is 20.0. The molecule has 0 spiro atoms. The Labute approximate surface area is 184 Å². The van der Waals surface area contributed by atoms with Crippen LogP contribution in [0.4, 0.5) is 0 Å². The number of hydrogen-bond acceptors (Lipinski definition) is 0. The molecule has 1 atom stereocenters. The van der Waals surface area contributed by atoms with Gasteiger partial charge in [-0.05, 0) is 0 Å². The van der Waals surface area contributed by atoms with Gasteiger partial charge >= 0.3 is 184 Å². The molecule has 0 saturated heterocycles. The summed E-state index contributed by atoms with van der Waals surface area (Å²) >= 11 is 3.07. The zero-order valence-corrected chi connectivity index (χ0v) is 23.2. The Kier molecular flexibility index (Phi) is 23.2. The van der Waals surface area contributed by atoms with Gasteiger partial charge in [-0.25, -0.2) is 0 Å². The monoisotopic (exact) mass is 484 g/mol. The van der Waals surface area contributed by atoms with E-state index in [4.69, 9.17) is 0 Å². The van der Waals surface area contributed by atoms with Crippen molar-refractivity contribution in [1.29, 1.82) is 0 Å². The summed E-state index contributed by atoms with van der Waals surface area (Å²) in [6.45, 7) is 7.24. The fraction of sp³-hybridized carbons (Fsp3) is 1.00. The molecule has 0 aromatic rings. The first-order valence-electron chi connectivity index (χ1n) is 12.7. The van der Waals surface area contributed by atoms with E-state index in [1.54, 1.807) is 37.7 Å². The Balaban J connectivity index is 4.23. The average molecular weight is 484 g/mol. The van der Waals surface area contributed by atoms with Gasteiger partial charge in [0, 0.05) is 0 Å². The predicted molar refractivity (Wildman–Crippen MR) is 139 cm³/mol. The molecule has 3 heteroatoms. The van der Waals surface area contributed by atoms with Gasteiger partial charge in [0.1, 0.15) is 0 Å². The normalized spacial score (nSPS) is 13.0. The Hall–Kier alpha value is 1.38. The third kappa shape index (κ3) is 17.9. The molecule has 166 valence electrons. The molecule has 1 unspecified atom stereocenters. The van der Waals surface area contributed by atoms with E-state index in [9.17, 15) is 0 Å². The summed E-state index contributed by atoms with van der Waals surface area (Å²) in [4.78, 5) is 0. The van der Waals surface area contributed by atoms with Crippen LogP contribution in [0.1, 0.15) is 136 Å². The Morgan fingerprint density at radius 1 is 0.444 bits per heavy atom. The number of unbranched alkanes of at least 4 members (excludes halogenated alkanes) is 15. The molecule has 0 aliphatic heterocycles. The molecule has 0 saturated carbocycles. The minimum atomic E-state index is -0.975. The second kappa shape index (κ2) is 22.1. The van der Waals surface area contributed by atoms with E-state index < -0.39 is 6.95 Å². The van der Waals surface area contributed by atoms with Crippen LogP contribution >= 0.6 is 13.9 Å². The second-order valence-corrected chi connectivity index (χ2v) is 21.3. The first kappa shape index (κ1) is 28.4. The van der Waals surface area contributed by atoms with Gasteiger partial charge in [-0.15, -0.1) is 0 Å². The second-order valence-electron chi connectivity index (χ2n) is 8.95. The average Bonchev–Trinajstić information content (AvgIpc) is 2.69. The summed E-state index contributed by atoms with van der Waals surface area (Å²) in [6, 6.07) is 0. The van der Waals surface area contributed by atoms with E-state index in [0.717, 1.165) is 0 Å². The van der Waals surface area contributed by atoms with E-state index in [2.05, 4.69) is 36.3 Å². The molecular formula is C24H54P2Se. The summed E-state index contributed by atoms with van der Waals surface area (Å²) < 4.78 is 0. The Morgan fingerprint density at radius 2 is 0.704 bits per heavy atom. The fourth-order valence-corrected chi connectivity index (χ4v) is 17.1.